The number of aliphatic hydroxyl groups excluding tert-OH is 1. The Morgan fingerprint density at radius 2 is 1.88 bits per heavy atom. The predicted octanol–water partition coefficient (Wildman–Crippen LogP) is 1.87. The van der Waals surface area contributed by atoms with E-state index in [4.69, 9.17) is 4.55 Å². The van der Waals surface area contributed by atoms with Crippen LogP contribution in [0.2, 0.25) is 0 Å². The smallest absolute Gasteiger partial charge is 0.393 e. The molecular formula is C18H24O6S. The SMILES string of the molecule is C[C@]12CCc3c(ccc4c3CC[C@@](O)(OS(=O)(=O)O)C4)C1CC[C@@H]2O. The second kappa shape index (κ2) is 5.50. The van der Waals surface area contributed by atoms with Crippen LogP contribution in [0.5, 0.6) is 0 Å². The van der Waals surface area contributed by atoms with Crippen molar-refractivity contribution in [2.45, 2.75) is 69.7 Å². The standard InChI is InChI=1S/C18H24O6S/c1-17-8-6-13-12-7-9-18(20,24-25(21,22)23)10-11(12)2-3-14(13)15(17)4-5-16(17)19/h2-3,15-16,19-20H,4-10H2,1H3,(H,21,22,23)/t15?,16-,17-,18+/m0/s1. The van der Waals surface area contributed by atoms with Crippen molar-refractivity contribution < 1.29 is 27.4 Å². The van der Waals surface area contributed by atoms with E-state index in [0.717, 1.165) is 31.2 Å². The molecule has 4 rings (SSSR count). The van der Waals surface area contributed by atoms with Gasteiger partial charge in [0.15, 0.2) is 5.79 Å². The van der Waals surface area contributed by atoms with Gasteiger partial charge in [0.05, 0.1) is 6.10 Å². The van der Waals surface area contributed by atoms with Crippen molar-refractivity contribution in [1.29, 1.82) is 0 Å². The van der Waals surface area contributed by atoms with Gasteiger partial charge in [-0.05, 0) is 60.3 Å². The average Bonchev–Trinajstić information content (AvgIpc) is 2.80. The lowest BCUT2D eigenvalue weighted by atomic mass is 9.64. The summed E-state index contributed by atoms with van der Waals surface area (Å²) in [5, 5.41) is 20.8. The lowest BCUT2D eigenvalue weighted by molar-refractivity contribution is -0.145. The molecule has 0 spiro atoms. The van der Waals surface area contributed by atoms with Crippen LogP contribution in [0.25, 0.3) is 0 Å². The summed E-state index contributed by atoms with van der Waals surface area (Å²) in [6.45, 7) is 2.18. The van der Waals surface area contributed by atoms with E-state index >= 15 is 0 Å². The summed E-state index contributed by atoms with van der Waals surface area (Å²) in [7, 11) is -4.71. The summed E-state index contributed by atoms with van der Waals surface area (Å²) in [4.78, 5) is 0. The molecule has 1 aromatic rings. The van der Waals surface area contributed by atoms with E-state index in [2.05, 4.69) is 17.2 Å². The van der Waals surface area contributed by atoms with Crippen LogP contribution in [0, 0.1) is 5.41 Å². The largest absolute Gasteiger partial charge is 0.400 e. The number of rotatable bonds is 2. The summed E-state index contributed by atoms with van der Waals surface area (Å²) in [6.07, 6.45) is 4.07. The number of aliphatic hydroxyl groups is 2. The number of benzene rings is 1. The molecule has 0 aromatic heterocycles. The summed E-state index contributed by atoms with van der Waals surface area (Å²) < 4.78 is 35.4. The quantitative estimate of drug-likeness (QED) is 0.544. The van der Waals surface area contributed by atoms with E-state index in [1.807, 2.05) is 6.07 Å². The summed E-state index contributed by atoms with van der Waals surface area (Å²) in [6, 6.07) is 4.00. The zero-order valence-corrected chi connectivity index (χ0v) is 15.1. The van der Waals surface area contributed by atoms with Gasteiger partial charge < -0.3 is 10.2 Å². The van der Waals surface area contributed by atoms with Crippen molar-refractivity contribution >= 4 is 10.4 Å². The summed E-state index contributed by atoms with van der Waals surface area (Å²) in [5.41, 5.74) is 4.57. The van der Waals surface area contributed by atoms with Crippen LogP contribution in [-0.2, 0) is 33.8 Å². The first-order chi connectivity index (χ1) is 11.6. The van der Waals surface area contributed by atoms with Crippen LogP contribution in [0.15, 0.2) is 12.1 Å². The van der Waals surface area contributed by atoms with Gasteiger partial charge in [-0.1, -0.05) is 19.1 Å². The molecule has 0 aliphatic heterocycles. The number of fused-ring (bicyclic) bond motifs is 5. The van der Waals surface area contributed by atoms with Gasteiger partial charge in [-0.3, -0.25) is 4.55 Å². The molecule has 0 radical (unpaired) electrons. The third-order valence-corrected chi connectivity index (χ3v) is 7.15. The Bertz CT molecular complexity index is 819. The van der Waals surface area contributed by atoms with Gasteiger partial charge in [0.1, 0.15) is 0 Å². The van der Waals surface area contributed by atoms with E-state index in [1.54, 1.807) is 0 Å². The maximum atomic E-state index is 11.0. The molecular weight excluding hydrogens is 344 g/mol. The van der Waals surface area contributed by atoms with Crippen LogP contribution < -0.4 is 0 Å². The zero-order valence-electron chi connectivity index (χ0n) is 14.2. The highest BCUT2D eigenvalue weighted by Gasteiger charge is 2.50. The number of hydrogen-bond acceptors (Lipinski definition) is 5. The molecule has 0 amide bonds. The van der Waals surface area contributed by atoms with Crippen LogP contribution in [-0.4, -0.2) is 35.1 Å². The van der Waals surface area contributed by atoms with E-state index in [9.17, 15) is 18.6 Å². The molecule has 3 aliphatic rings. The molecule has 0 bridgehead atoms. The van der Waals surface area contributed by atoms with E-state index in [1.165, 1.54) is 16.7 Å². The van der Waals surface area contributed by atoms with Crippen molar-refractivity contribution in [2.75, 3.05) is 0 Å². The van der Waals surface area contributed by atoms with Crippen LogP contribution in [0.4, 0.5) is 0 Å². The van der Waals surface area contributed by atoms with Crippen LogP contribution >= 0.6 is 0 Å². The molecule has 138 valence electrons. The molecule has 0 saturated heterocycles. The highest BCUT2D eigenvalue weighted by molar-refractivity contribution is 7.80. The fourth-order valence-electron chi connectivity index (χ4n) is 5.29. The monoisotopic (exact) mass is 368 g/mol. The topological polar surface area (TPSA) is 104 Å². The Labute approximate surface area is 147 Å². The molecule has 1 aromatic carbocycles. The minimum absolute atomic E-state index is 0.0416. The Morgan fingerprint density at radius 3 is 2.60 bits per heavy atom. The van der Waals surface area contributed by atoms with Gasteiger partial charge >= 0.3 is 10.4 Å². The fraction of sp³-hybridized carbons (Fsp3) is 0.667. The predicted molar refractivity (Wildman–Crippen MR) is 90.5 cm³/mol. The molecule has 0 heterocycles. The zero-order chi connectivity index (χ0) is 18.0. The molecule has 1 saturated carbocycles. The lowest BCUT2D eigenvalue weighted by Gasteiger charge is -2.42. The molecule has 25 heavy (non-hydrogen) atoms. The van der Waals surface area contributed by atoms with Gasteiger partial charge in [-0.25, -0.2) is 4.18 Å². The first kappa shape index (κ1) is 17.4. The minimum atomic E-state index is -4.71. The second-order valence-electron chi connectivity index (χ2n) is 8.06. The van der Waals surface area contributed by atoms with Crippen molar-refractivity contribution in [3.8, 4) is 0 Å². The average molecular weight is 368 g/mol. The van der Waals surface area contributed by atoms with E-state index in [-0.39, 0.29) is 24.4 Å². The highest BCUT2D eigenvalue weighted by atomic mass is 32.3. The van der Waals surface area contributed by atoms with Gasteiger partial charge in [-0.2, -0.15) is 8.42 Å². The van der Waals surface area contributed by atoms with Gasteiger partial charge in [0.2, 0.25) is 0 Å². The lowest BCUT2D eigenvalue weighted by Crippen LogP contribution is -2.41. The minimum Gasteiger partial charge on any atom is -0.393 e. The van der Waals surface area contributed by atoms with Gasteiger partial charge in [0, 0.05) is 18.3 Å². The maximum Gasteiger partial charge on any atom is 0.400 e. The first-order valence-electron chi connectivity index (χ1n) is 8.83. The van der Waals surface area contributed by atoms with Crippen molar-refractivity contribution in [1.82, 2.24) is 0 Å². The van der Waals surface area contributed by atoms with Crippen molar-refractivity contribution in [2.24, 2.45) is 5.41 Å². The molecule has 6 nitrogen and oxygen atoms in total. The summed E-state index contributed by atoms with van der Waals surface area (Å²) >= 11 is 0. The molecule has 1 fully saturated rings. The first-order valence-corrected chi connectivity index (χ1v) is 10.2. The summed E-state index contributed by atoms with van der Waals surface area (Å²) in [5.74, 6) is -1.53. The Balaban J connectivity index is 1.69. The second-order valence-corrected chi connectivity index (χ2v) is 9.08. The highest BCUT2D eigenvalue weighted by Crippen LogP contribution is 2.56. The van der Waals surface area contributed by atoms with Crippen LogP contribution in [0.3, 0.4) is 0 Å². The third kappa shape index (κ3) is 2.82. The van der Waals surface area contributed by atoms with Crippen LogP contribution in [0.1, 0.15) is 60.8 Å². The third-order valence-electron chi connectivity index (χ3n) is 6.63. The van der Waals surface area contributed by atoms with E-state index in [0.29, 0.717) is 12.3 Å². The fourth-order valence-corrected chi connectivity index (χ4v) is 5.83. The van der Waals surface area contributed by atoms with Gasteiger partial charge in [0.25, 0.3) is 0 Å². The van der Waals surface area contributed by atoms with Gasteiger partial charge in [-0.15, -0.1) is 0 Å². The molecule has 3 aliphatic carbocycles. The Kier molecular flexibility index (Phi) is 3.84. The van der Waals surface area contributed by atoms with E-state index < -0.39 is 16.2 Å². The number of hydrogen-bond donors (Lipinski definition) is 3. The molecule has 4 atom stereocenters. The Hall–Kier alpha value is -0.990. The maximum absolute atomic E-state index is 11.0. The molecule has 7 heteroatoms. The molecule has 1 unspecified atom stereocenters. The normalized spacial score (nSPS) is 37.3. The molecule has 3 N–H and O–H groups in total. The Morgan fingerprint density at radius 1 is 1.16 bits per heavy atom. The van der Waals surface area contributed by atoms with Crippen molar-refractivity contribution in [3.63, 3.8) is 0 Å². The van der Waals surface area contributed by atoms with Crippen molar-refractivity contribution in [3.05, 3.63) is 34.4 Å².